The van der Waals surface area contributed by atoms with Crippen molar-refractivity contribution < 1.29 is 9.15 Å². The standard InChI is InChI=1S/C19H16ClNO3/c1-21(11-12-5-3-2-4-6-12)17-14-7-8-15-13(9-10-23-15)18(14)24-19(22)16(17)20/h2-8H,9-11H2,1H3. The first-order valence-electron chi connectivity index (χ1n) is 7.81. The third-order valence-electron chi connectivity index (χ3n) is 4.31. The minimum Gasteiger partial charge on any atom is -0.493 e. The van der Waals surface area contributed by atoms with Gasteiger partial charge in [0.2, 0.25) is 0 Å². The average Bonchev–Trinajstić information content (AvgIpc) is 3.06. The van der Waals surface area contributed by atoms with Crippen molar-refractivity contribution in [3.05, 3.63) is 69.0 Å². The Morgan fingerprint density at radius 2 is 1.96 bits per heavy atom. The Morgan fingerprint density at radius 3 is 2.75 bits per heavy atom. The van der Waals surface area contributed by atoms with Crippen LogP contribution in [0.25, 0.3) is 11.0 Å². The number of fused-ring (bicyclic) bond motifs is 3. The second-order valence-corrected chi connectivity index (χ2v) is 6.29. The first kappa shape index (κ1) is 15.1. The van der Waals surface area contributed by atoms with Crippen LogP contribution < -0.4 is 15.3 Å². The molecule has 2 heterocycles. The van der Waals surface area contributed by atoms with Crippen LogP contribution in [0.4, 0.5) is 5.69 Å². The summed E-state index contributed by atoms with van der Waals surface area (Å²) >= 11 is 6.31. The number of benzene rings is 2. The molecule has 1 aliphatic heterocycles. The quantitative estimate of drug-likeness (QED) is 0.675. The lowest BCUT2D eigenvalue weighted by Crippen LogP contribution is -2.19. The Bertz CT molecular complexity index is 966. The van der Waals surface area contributed by atoms with Crippen molar-refractivity contribution >= 4 is 28.3 Å². The highest BCUT2D eigenvalue weighted by Gasteiger charge is 2.23. The molecule has 0 spiro atoms. The highest BCUT2D eigenvalue weighted by atomic mass is 35.5. The van der Waals surface area contributed by atoms with Gasteiger partial charge in [0, 0.05) is 31.0 Å². The smallest absolute Gasteiger partial charge is 0.357 e. The Hall–Kier alpha value is -2.46. The van der Waals surface area contributed by atoms with Gasteiger partial charge in [0.15, 0.2) is 0 Å². The summed E-state index contributed by atoms with van der Waals surface area (Å²) in [4.78, 5) is 14.2. The summed E-state index contributed by atoms with van der Waals surface area (Å²) in [6.45, 7) is 1.25. The molecule has 122 valence electrons. The maximum absolute atomic E-state index is 12.2. The van der Waals surface area contributed by atoms with E-state index < -0.39 is 5.63 Å². The summed E-state index contributed by atoms with van der Waals surface area (Å²) in [6, 6.07) is 13.9. The van der Waals surface area contributed by atoms with Crippen LogP contribution in [0.3, 0.4) is 0 Å². The van der Waals surface area contributed by atoms with Crippen molar-refractivity contribution in [2.24, 2.45) is 0 Å². The van der Waals surface area contributed by atoms with Crippen molar-refractivity contribution in [2.45, 2.75) is 13.0 Å². The van der Waals surface area contributed by atoms with Gasteiger partial charge in [-0.2, -0.15) is 0 Å². The molecular weight excluding hydrogens is 326 g/mol. The van der Waals surface area contributed by atoms with Crippen LogP contribution in [-0.2, 0) is 13.0 Å². The van der Waals surface area contributed by atoms with Crippen molar-refractivity contribution in [3.63, 3.8) is 0 Å². The van der Waals surface area contributed by atoms with Crippen LogP contribution in [0, 0.1) is 0 Å². The van der Waals surface area contributed by atoms with Crippen molar-refractivity contribution in [2.75, 3.05) is 18.6 Å². The molecule has 5 heteroatoms. The van der Waals surface area contributed by atoms with Gasteiger partial charge < -0.3 is 14.1 Å². The molecule has 0 fully saturated rings. The molecule has 0 amide bonds. The fraction of sp³-hybridized carbons (Fsp3) is 0.211. The van der Waals surface area contributed by atoms with Gasteiger partial charge in [-0.15, -0.1) is 0 Å². The predicted octanol–water partition coefficient (Wildman–Crippen LogP) is 4.02. The molecule has 24 heavy (non-hydrogen) atoms. The third kappa shape index (κ3) is 2.43. The number of nitrogens with zero attached hydrogens (tertiary/aromatic N) is 1. The summed E-state index contributed by atoms with van der Waals surface area (Å²) < 4.78 is 11.0. The molecule has 0 aliphatic carbocycles. The molecule has 0 saturated carbocycles. The molecule has 4 rings (SSSR count). The summed E-state index contributed by atoms with van der Waals surface area (Å²) in [5.41, 5.74) is 2.84. The average molecular weight is 342 g/mol. The number of hydrogen-bond donors (Lipinski definition) is 0. The van der Waals surface area contributed by atoms with Crippen LogP contribution in [-0.4, -0.2) is 13.7 Å². The number of anilines is 1. The molecule has 0 saturated heterocycles. The Kier molecular flexibility index (Phi) is 3.69. The van der Waals surface area contributed by atoms with Gasteiger partial charge in [0.05, 0.1) is 12.3 Å². The fourth-order valence-corrected chi connectivity index (χ4v) is 3.49. The van der Waals surface area contributed by atoms with E-state index in [9.17, 15) is 4.79 Å². The van der Waals surface area contributed by atoms with E-state index in [1.54, 1.807) is 0 Å². The van der Waals surface area contributed by atoms with Gasteiger partial charge >= 0.3 is 5.63 Å². The highest BCUT2D eigenvalue weighted by Crippen LogP contribution is 2.38. The molecule has 0 radical (unpaired) electrons. The SMILES string of the molecule is CN(Cc1ccccc1)c1c(Cl)c(=O)oc2c3c(ccc12)OCC3. The molecule has 2 aromatic carbocycles. The van der Waals surface area contributed by atoms with Crippen molar-refractivity contribution in [1.82, 2.24) is 0 Å². The Balaban J connectivity index is 1.88. The van der Waals surface area contributed by atoms with Crippen LogP contribution >= 0.6 is 11.6 Å². The number of rotatable bonds is 3. The lowest BCUT2D eigenvalue weighted by Gasteiger charge is -2.22. The minimum atomic E-state index is -0.514. The van der Waals surface area contributed by atoms with Gasteiger partial charge in [-0.1, -0.05) is 41.9 Å². The maximum Gasteiger partial charge on any atom is 0.357 e. The minimum absolute atomic E-state index is 0.111. The number of hydrogen-bond acceptors (Lipinski definition) is 4. The molecule has 1 aromatic heterocycles. The molecule has 0 unspecified atom stereocenters. The van der Waals surface area contributed by atoms with E-state index >= 15 is 0 Å². The van der Waals surface area contributed by atoms with E-state index in [0.29, 0.717) is 24.4 Å². The first-order chi connectivity index (χ1) is 11.6. The lowest BCUT2D eigenvalue weighted by molar-refractivity contribution is 0.357. The van der Waals surface area contributed by atoms with E-state index in [2.05, 4.69) is 0 Å². The van der Waals surface area contributed by atoms with Crippen molar-refractivity contribution in [1.29, 1.82) is 0 Å². The molecule has 0 N–H and O–H groups in total. The van der Waals surface area contributed by atoms with Gasteiger partial charge in [-0.25, -0.2) is 4.79 Å². The van der Waals surface area contributed by atoms with Crippen molar-refractivity contribution in [3.8, 4) is 5.75 Å². The monoisotopic (exact) mass is 341 g/mol. The summed E-state index contributed by atoms with van der Waals surface area (Å²) in [5, 5.41) is 0.946. The zero-order valence-corrected chi connectivity index (χ0v) is 14.0. The summed E-state index contributed by atoms with van der Waals surface area (Å²) in [7, 11) is 1.93. The Morgan fingerprint density at radius 1 is 1.17 bits per heavy atom. The van der Waals surface area contributed by atoms with E-state index in [0.717, 1.165) is 28.7 Å². The van der Waals surface area contributed by atoms with E-state index in [4.69, 9.17) is 20.8 Å². The predicted molar refractivity (Wildman–Crippen MR) is 95.2 cm³/mol. The molecule has 3 aromatic rings. The normalized spacial score (nSPS) is 12.9. The van der Waals surface area contributed by atoms with Crippen LogP contribution in [0.2, 0.25) is 5.02 Å². The highest BCUT2D eigenvalue weighted by molar-refractivity contribution is 6.34. The van der Waals surface area contributed by atoms with E-state index in [-0.39, 0.29) is 5.02 Å². The third-order valence-corrected chi connectivity index (χ3v) is 4.64. The molecule has 0 bridgehead atoms. The zero-order valence-electron chi connectivity index (χ0n) is 13.2. The fourth-order valence-electron chi connectivity index (χ4n) is 3.21. The van der Waals surface area contributed by atoms with Crippen LogP contribution in [0.15, 0.2) is 51.7 Å². The molecule has 0 atom stereocenters. The van der Waals surface area contributed by atoms with E-state index in [1.807, 2.05) is 54.4 Å². The Labute approximate surface area is 144 Å². The van der Waals surface area contributed by atoms with Crippen LogP contribution in [0.1, 0.15) is 11.1 Å². The summed E-state index contributed by atoms with van der Waals surface area (Å²) in [6.07, 6.45) is 0.735. The first-order valence-corrected chi connectivity index (χ1v) is 8.19. The maximum atomic E-state index is 12.2. The summed E-state index contributed by atoms with van der Waals surface area (Å²) in [5.74, 6) is 0.782. The van der Waals surface area contributed by atoms with E-state index in [1.165, 1.54) is 0 Å². The second kappa shape index (κ2) is 5.87. The van der Waals surface area contributed by atoms with Crippen LogP contribution in [0.5, 0.6) is 5.75 Å². The topological polar surface area (TPSA) is 42.7 Å². The number of ether oxygens (including phenoxy) is 1. The van der Waals surface area contributed by atoms with Gasteiger partial charge in [0.1, 0.15) is 16.4 Å². The molecular formula is C19H16ClNO3. The van der Waals surface area contributed by atoms with Gasteiger partial charge in [-0.3, -0.25) is 0 Å². The van der Waals surface area contributed by atoms with Gasteiger partial charge in [-0.05, 0) is 17.7 Å². The number of halogens is 1. The lowest BCUT2D eigenvalue weighted by atomic mass is 10.1. The largest absolute Gasteiger partial charge is 0.493 e. The van der Waals surface area contributed by atoms with Gasteiger partial charge in [0.25, 0.3) is 0 Å². The zero-order chi connectivity index (χ0) is 16.7. The molecule has 4 nitrogen and oxygen atoms in total. The molecule has 1 aliphatic rings. The second-order valence-electron chi connectivity index (χ2n) is 5.91.